The van der Waals surface area contributed by atoms with E-state index in [1.54, 1.807) is 15.2 Å². The van der Waals surface area contributed by atoms with Crippen LogP contribution in [0.3, 0.4) is 0 Å². The van der Waals surface area contributed by atoms with E-state index in [0.29, 0.717) is 26.2 Å². The van der Waals surface area contributed by atoms with Gasteiger partial charge in [-0.05, 0) is 20.9 Å². The van der Waals surface area contributed by atoms with Crippen molar-refractivity contribution in [2.75, 3.05) is 26.7 Å². The third-order valence-electron chi connectivity index (χ3n) is 3.93. The molecule has 0 amide bonds. The highest BCUT2D eigenvalue weighted by Crippen LogP contribution is 2.21. The molecule has 20 heavy (non-hydrogen) atoms. The Hall–Kier alpha value is -0.960. The lowest BCUT2D eigenvalue weighted by molar-refractivity contribution is 0.105. The Morgan fingerprint density at radius 3 is 2.50 bits per heavy atom. The highest BCUT2D eigenvalue weighted by atomic mass is 32.2. The molecule has 0 saturated carbocycles. The summed E-state index contributed by atoms with van der Waals surface area (Å²) in [4.78, 5) is 2.44. The second kappa shape index (κ2) is 5.80. The van der Waals surface area contributed by atoms with Crippen molar-refractivity contribution in [2.24, 2.45) is 5.73 Å². The number of hydrogen-bond donors (Lipinski definition) is 1. The van der Waals surface area contributed by atoms with Crippen LogP contribution >= 0.6 is 0 Å². The lowest BCUT2D eigenvalue weighted by Crippen LogP contribution is -2.56. The van der Waals surface area contributed by atoms with Crippen molar-refractivity contribution < 1.29 is 8.42 Å². The third-order valence-corrected chi connectivity index (χ3v) is 5.72. The fourth-order valence-corrected chi connectivity index (χ4v) is 3.99. The van der Waals surface area contributed by atoms with Crippen molar-refractivity contribution in [2.45, 2.75) is 37.4 Å². The van der Waals surface area contributed by atoms with Gasteiger partial charge < -0.3 is 5.73 Å². The minimum Gasteiger partial charge on any atom is -0.329 e. The molecule has 1 aromatic heterocycles. The molecule has 1 aliphatic heterocycles. The molecule has 2 N–H and O–H groups in total. The van der Waals surface area contributed by atoms with Crippen molar-refractivity contribution in [1.82, 2.24) is 19.0 Å². The van der Waals surface area contributed by atoms with Crippen LogP contribution in [0.5, 0.6) is 0 Å². The quantitative estimate of drug-likeness (QED) is 0.814. The van der Waals surface area contributed by atoms with Crippen LogP contribution in [-0.4, -0.2) is 66.2 Å². The Morgan fingerprint density at radius 2 is 1.95 bits per heavy atom. The summed E-state index contributed by atoms with van der Waals surface area (Å²) in [5.74, 6) is 0. The predicted molar refractivity (Wildman–Crippen MR) is 76.7 cm³/mol. The molecular formula is C12H23N5O2S. The summed E-state index contributed by atoms with van der Waals surface area (Å²) in [6, 6.07) is 0.403. The van der Waals surface area contributed by atoms with E-state index in [-0.39, 0.29) is 17.0 Å². The minimum absolute atomic E-state index is 0.201. The highest BCUT2D eigenvalue weighted by molar-refractivity contribution is 7.89. The minimum atomic E-state index is -3.47. The van der Waals surface area contributed by atoms with Crippen LogP contribution in [-0.2, 0) is 16.6 Å². The van der Waals surface area contributed by atoms with E-state index in [1.807, 2.05) is 20.9 Å². The van der Waals surface area contributed by atoms with Crippen LogP contribution in [0, 0.1) is 0 Å². The van der Waals surface area contributed by atoms with Gasteiger partial charge in [0, 0.05) is 37.9 Å². The first-order valence-corrected chi connectivity index (χ1v) is 8.25. The lowest BCUT2D eigenvalue weighted by Gasteiger charge is -2.41. The summed E-state index contributed by atoms with van der Waals surface area (Å²) in [6.07, 6.45) is 2.95. The van der Waals surface area contributed by atoms with Gasteiger partial charge in [0.15, 0.2) is 0 Å². The maximum Gasteiger partial charge on any atom is 0.246 e. The van der Waals surface area contributed by atoms with Gasteiger partial charge in [-0.3, -0.25) is 9.58 Å². The van der Waals surface area contributed by atoms with Crippen LogP contribution in [0.1, 0.15) is 13.8 Å². The van der Waals surface area contributed by atoms with Gasteiger partial charge >= 0.3 is 0 Å². The first kappa shape index (κ1) is 15.4. The number of piperazine rings is 1. The zero-order chi connectivity index (χ0) is 14.9. The predicted octanol–water partition coefficient (Wildman–Crippen LogP) is -0.445. The normalized spacial score (nSPS) is 26.0. The average molecular weight is 301 g/mol. The second-order valence-electron chi connectivity index (χ2n) is 5.41. The molecule has 7 nitrogen and oxygen atoms in total. The fourth-order valence-electron chi connectivity index (χ4n) is 2.43. The zero-order valence-electron chi connectivity index (χ0n) is 12.2. The summed E-state index contributed by atoms with van der Waals surface area (Å²) >= 11 is 0. The highest BCUT2D eigenvalue weighted by Gasteiger charge is 2.34. The van der Waals surface area contributed by atoms with E-state index in [9.17, 15) is 8.42 Å². The molecule has 1 aliphatic rings. The number of sulfonamides is 1. The molecule has 2 atom stereocenters. The van der Waals surface area contributed by atoms with E-state index in [4.69, 9.17) is 5.73 Å². The van der Waals surface area contributed by atoms with Crippen molar-refractivity contribution in [1.29, 1.82) is 0 Å². The monoisotopic (exact) mass is 301 g/mol. The molecule has 8 heteroatoms. The number of nitrogens with zero attached hydrogens (tertiary/aromatic N) is 4. The van der Waals surface area contributed by atoms with Crippen LogP contribution in [0.15, 0.2) is 17.3 Å². The molecular weight excluding hydrogens is 278 g/mol. The lowest BCUT2D eigenvalue weighted by atomic mass is 10.1. The first-order chi connectivity index (χ1) is 9.36. The Bertz CT molecular complexity index is 544. The molecule has 114 valence electrons. The molecule has 2 rings (SSSR count). The maximum atomic E-state index is 12.6. The van der Waals surface area contributed by atoms with Crippen LogP contribution < -0.4 is 5.73 Å². The van der Waals surface area contributed by atoms with Gasteiger partial charge in [0.05, 0.1) is 12.7 Å². The molecule has 2 heterocycles. The van der Waals surface area contributed by atoms with Crippen LogP contribution in [0.2, 0.25) is 0 Å². The number of hydrogen-bond acceptors (Lipinski definition) is 5. The van der Waals surface area contributed by atoms with Crippen molar-refractivity contribution >= 4 is 10.0 Å². The summed E-state index contributed by atoms with van der Waals surface area (Å²) in [5.41, 5.74) is 5.45. The van der Waals surface area contributed by atoms with Crippen LogP contribution in [0.25, 0.3) is 0 Å². The Morgan fingerprint density at radius 1 is 1.35 bits per heavy atom. The van der Waals surface area contributed by atoms with Gasteiger partial charge in [0.2, 0.25) is 10.0 Å². The SMILES string of the molecule is CC1CN(S(=O)(=O)c2cnn(CCN)c2)CC(C)N1C. The average Bonchev–Trinajstić information content (AvgIpc) is 2.85. The Balaban J connectivity index is 2.21. The van der Waals surface area contributed by atoms with Gasteiger partial charge in [0.1, 0.15) is 4.90 Å². The summed E-state index contributed by atoms with van der Waals surface area (Å²) < 4.78 is 28.4. The van der Waals surface area contributed by atoms with Gasteiger partial charge in [0.25, 0.3) is 0 Å². The van der Waals surface area contributed by atoms with E-state index in [2.05, 4.69) is 10.00 Å². The summed E-state index contributed by atoms with van der Waals surface area (Å²) in [6.45, 7) is 6.04. The Labute approximate surface area is 120 Å². The van der Waals surface area contributed by atoms with E-state index >= 15 is 0 Å². The van der Waals surface area contributed by atoms with Crippen molar-refractivity contribution in [3.8, 4) is 0 Å². The van der Waals surface area contributed by atoms with Crippen molar-refractivity contribution in [3.05, 3.63) is 12.4 Å². The van der Waals surface area contributed by atoms with Gasteiger partial charge in [-0.2, -0.15) is 9.40 Å². The molecule has 0 bridgehead atoms. The molecule has 0 spiro atoms. The van der Waals surface area contributed by atoms with Crippen molar-refractivity contribution in [3.63, 3.8) is 0 Å². The topological polar surface area (TPSA) is 84.5 Å². The van der Waals surface area contributed by atoms with E-state index < -0.39 is 10.0 Å². The first-order valence-electron chi connectivity index (χ1n) is 6.81. The zero-order valence-corrected chi connectivity index (χ0v) is 13.0. The molecule has 1 saturated heterocycles. The molecule has 1 fully saturated rings. The van der Waals surface area contributed by atoms with E-state index in [1.165, 1.54) is 6.20 Å². The summed E-state index contributed by atoms with van der Waals surface area (Å²) in [5, 5.41) is 4.04. The van der Waals surface area contributed by atoms with Gasteiger partial charge in [-0.15, -0.1) is 0 Å². The molecule has 1 aromatic rings. The summed E-state index contributed by atoms with van der Waals surface area (Å²) in [7, 11) is -1.44. The number of rotatable bonds is 4. The van der Waals surface area contributed by atoms with E-state index in [0.717, 1.165) is 0 Å². The number of likely N-dealkylation sites (N-methyl/N-ethyl adjacent to an activating group) is 1. The molecule has 0 aliphatic carbocycles. The van der Waals surface area contributed by atoms with Gasteiger partial charge in [-0.1, -0.05) is 0 Å². The number of nitrogens with two attached hydrogens (primary N) is 1. The third kappa shape index (κ3) is 2.88. The Kier molecular flexibility index (Phi) is 4.48. The largest absolute Gasteiger partial charge is 0.329 e. The molecule has 2 unspecified atom stereocenters. The number of aromatic nitrogens is 2. The maximum absolute atomic E-state index is 12.6. The standard InChI is InChI=1S/C12H23N5O2S/c1-10-7-17(8-11(2)15(10)3)20(18,19)12-6-14-16(9-12)5-4-13/h6,9-11H,4-5,7-8,13H2,1-3H3. The van der Waals surface area contributed by atoms with Crippen LogP contribution in [0.4, 0.5) is 0 Å². The fraction of sp³-hybridized carbons (Fsp3) is 0.750. The molecule has 0 radical (unpaired) electrons. The molecule has 0 aromatic carbocycles. The smallest absolute Gasteiger partial charge is 0.246 e. The second-order valence-corrected chi connectivity index (χ2v) is 7.35. The van der Waals surface area contributed by atoms with Gasteiger partial charge in [-0.25, -0.2) is 8.42 Å².